The lowest BCUT2D eigenvalue weighted by Crippen LogP contribution is -2.33. The monoisotopic (exact) mass is 586 g/mol. The van der Waals surface area contributed by atoms with Gasteiger partial charge < -0.3 is 25.0 Å². The third-order valence-electron chi connectivity index (χ3n) is 5.73. The second kappa shape index (κ2) is 13.3. The van der Waals surface area contributed by atoms with E-state index < -0.39 is 24.3 Å². The molecule has 3 heterocycles. The molecule has 0 bridgehead atoms. The third-order valence-corrected chi connectivity index (χ3v) is 6.71. The summed E-state index contributed by atoms with van der Waals surface area (Å²) in [5.74, 6) is -4.63. The van der Waals surface area contributed by atoms with Gasteiger partial charge in [0, 0.05) is 41.5 Å². The molecule has 2 aromatic rings. The van der Waals surface area contributed by atoms with Gasteiger partial charge in [0.15, 0.2) is 0 Å². The van der Waals surface area contributed by atoms with E-state index in [1.807, 2.05) is 23.5 Å². The number of methoxy groups -OCH3 is 1. The third kappa shape index (κ3) is 10.6. The Hall–Kier alpha value is -3.04. The molecule has 2 atom stereocenters. The molecule has 2 aliphatic rings. The Bertz CT molecular complexity index is 1070. The lowest BCUT2D eigenvalue weighted by molar-refractivity contribution is -0.193. The van der Waals surface area contributed by atoms with Crippen LogP contribution >= 0.6 is 11.3 Å². The van der Waals surface area contributed by atoms with Gasteiger partial charge in [0.2, 0.25) is 0 Å². The number of carboxylic acids is 2. The summed E-state index contributed by atoms with van der Waals surface area (Å²) in [6.45, 7) is 6.20. The number of alkyl halides is 6. The van der Waals surface area contributed by atoms with Crippen molar-refractivity contribution in [1.29, 1.82) is 0 Å². The Labute approximate surface area is 224 Å². The van der Waals surface area contributed by atoms with Gasteiger partial charge in [-0.05, 0) is 49.7 Å². The van der Waals surface area contributed by atoms with Gasteiger partial charge in [0.1, 0.15) is 5.75 Å². The highest BCUT2D eigenvalue weighted by molar-refractivity contribution is 7.11. The number of halogens is 6. The molecule has 0 amide bonds. The number of benzene rings is 1. The molecule has 3 N–H and O–H groups in total. The quantitative estimate of drug-likeness (QED) is 0.412. The first-order chi connectivity index (χ1) is 18.0. The van der Waals surface area contributed by atoms with E-state index in [0.29, 0.717) is 6.04 Å². The first-order valence-corrected chi connectivity index (χ1v) is 12.3. The van der Waals surface area contributed by atoms with E-state index >= 15 is 0 Å². The molecule has 1 aromatic heterocycles. The number of ether oxygens (including phenoxy) is 2. The number of carbonyl (C=O) groups is 2. The van der Waals surface area contributed by atoms with Crippen LogP contribution in [0.5, 0.6) is 5.75 Å². The fourth-order valence-electron chi connectivity index (χ4n) is 4.00. The standard InChI is InChI=1S/C20H26N2O2S.2C2HF3O2/c1-15-3-8-19(25-15)12-22-10-9-20(14-22)11-17(13-24-20)21-16-4-6-18(23-2)7-5-16;2*3-2(4,5)1(6)7/h3-8,17,21H,9-14H2,1-2H3;2*(H,6,7). The molecule has 1 spiro atoms. The number of thiophene rings is 1. The average Bonchev–Trinajstić information content (AvgIpc) is 3.55. The molecule has 15 heteroatoms. The van der Waals surface area contributed by atoms with E-state index in [1.165, 1.54) is 9.75 Å². The van der Waals surface area contributed by atoms with Crippen molar-refractivity contribution < 1.29 is 55.6 Å². The summed E-state index contributed by atoms with van der Waals surface area (Å²) < 4.78 is 75.0. The Kier molecular flexibility index (Phi) is 11.0. The van der Waals surface area contributed by atoms with Gasteiger partial charge in [-0.15, -0.1) is 11.3 Å². The zero-order valence-corrected chi connectivity index (χ0v) is 21.8. The van der Waals surface area contributed by atoms with E-state index in [4.69, 9.17) is 29.3 Å². The second-order valence-corrected chi connectivity index (χ2v) is 10.2. The lowest BCUT2D eigenvalue weighted by Gasteiger charge is -2.23. The summed E-state index contributed by atoms with van der Waals surface area (Å²) in [4.78, 5) is 23.2. The largest absolute Gasteiger partial charge is 0.497 e. The summed E-state index contributed by atoms with van der Waals surface area (Å²) in [6.07, 6.45) is -7.95. The van der Waals surface area contributed by atoms with Gasteiger partial charge in [0.05, 0.1) is 25.4 Å². The highest BCUT2D eigenvalue weighted by atomic mass is 32.1. The van der Waals surface area contributed by atoms with Crippen molar-refractivity contribution in [2.75, 3.05) is 32.1 Å². The van der Waals surface area contributed by atoms with Gasteiger partial charge in [-0.3, -0.25) is 4.90 Å². The minimum absolute atomic E-state index is 0.0381. The number of anilines is 1. The smallest absolute Gasteiger partial charge is 0.490 e. The Morgan fingerprint density at radius 1 is 1.08 bits per heavy atom. The maximum Gasteiger partial charge on any atom is 0.490 e. The molecule has 218 valence electrons. The lowest BCUT2D eigenvalue weighted by atomic mass is 9.97. The number of nitrogens with zero attached hydrogens (tertiary/aromatic N) is 1. The van der Waals surface area contributed by atoms with Crippen LogP contribution in [0.1, 0.15) is 22.6 Å². The first kappa shape index (κ1) is 32.2. The first-order valence-electron chi connectivity index (χ1n) is 11.5. The zero-order chi connectivity index (χ0) is 29.4. The number of aryl methyl sites for hydroxylation is 1. The van der Waals surface area contributed by atoms with Crippen molar-refractivity contribution >= 4 is 29.0 Å². The number of nitrogens with one attached hydrogen (secondary N) is 1. The molecular weight excluding hydrogens is 558 g/mol. The molecule has 39 heavy (non-hydrogen) atoms. The van der Waals surface area contributed by atoms with Crippen LogP contribution in [0, 0.1) is 6.92 Å². The number of hydrogen-bond acceptors (Lipinski definition) is 7. The van der Waals surface area contributed by atoms with Crippen LogP contribution in [0.25, 0.3) is 0 Å². The number of carboxylic acid groups (broad SMARTS) is 2. The van der Waals surface area contributed by atoms with Crippen LogP contribution in [0.3, 0.4) is 0 Å². The molecule has 0 radical (unpaired) electrons. The molecule has 1 aromatic carbocycles. The highest BCUT2D eigenvalue weighted by Gasteiger charge is 2.45. The minimum Gasteiger partial charge on any atom is -0.497 e. The highest BCUT2D eigenvalue weighted by Crippen LogP contribution is 2.37. The van der Waals surface area contributed by atoms with E-state index in [2.05, 4.69) is 41.4 Å². The molecule has 2 fully saturated rings. The molecule has 4 rings (SSSR count). The van der Waals surface area contributed by atoms with Crippen LogP contribution < -0.4 is 10.1 Å². The number of likely N-dealkylation sites (tertiary alicyclic amines) is 1. The van der Waals surface area contributed by atoms with Crippen molar-refractivity contribution in [1.82, 2.24) is 4.90 Å². The summed E-state index contributed by atoms with van der Waals surface area (Å²) in [5.41, 5.74) is 1.17. The number of aliphatic carboxylic acids is 2. The molecular formula is C24H28F6N2O6S. The fourth-order valence-corrected chi connectivity index (χ4v) is 4.93. The van der Waals surface area contributed by atoms with Crippen LogP contribution in [0.15, 0.2) is 36.4 Å². The van der Waals surface area contributed by atoms with Crippen LogP contribution in [-0.4, -0.2) is 77.9 Å². The maximum atomic E-state index is 10.6. The average molecular weight is 587 g/mol. The topological polar surface area (TPSA) is 108 Å². The molecule has 0 aliphatic carbocycles. The van der Waals surface area contributed by atoms with E-state index in [-0.39, 0.29) is 5.60 Å². The molecule has 8 nitrogen and oxygen atoms in total. The summed E-state index contributed by atoms with van der Waals surface area (Å²) in [7, 11) is 1.69. The number of hydrogen-bond donors (Lipinski definition) is 3. The SMILES string of the molecule is COc1ccc(NC2COC3(CCN(Cc4ccc(C)s4)C3)C2)cc1.O=C(O)C(F)(F)F.O=C(O)C(F)(F)F. The summed E-state index contributed by atoms with van der Waals surface area (Å²) in [6, 6.07) is 13.0. The Balaban J connectivity index is 0.000000317. The molecule has 0 saturated carbocycles. The predicted octanol–water partition coefficient (Wildman–Crippen LogP) is 5.18. The minimum atomic E-state index is -5.08. The fraction of sp³-hybridized carbons (Fsp3) is 0.500. The summed E-state index contributed by atoms with van der Waals surface area (Å²) in [5, 5.41) is 17.9. The Morgan fingerprint density at radius 3 is 2.10 bits per heavy atom. The van der Waals surface area contributed by atoms with Crippen LogP contribution in [-0.2, 0) is 20.9 Å². The molecule has 2 saturated heterocycles. The normalized spacial score (nSPS) is 21.0. The molecule has 2 unspecified atom stereocenters. The van der Waals surface area contributed by atoms with Gasteiger partial charge in [0.25, 0.3) is 0 Å². The van der Waals surface area contributed by atoms with Crippen molar-refractivity contribution in [2.45, 2.75) is 50.3 Å². The van der Waals surface area contributed by atoms with E-state index in [1.54, 1.807) is 7.11 Å². The van der Waals surface area contributed by atoms with Gasteiger partial charge in [-0.1, -0.05) is 0 Å². The van der Waals surface area contributed by atoms with Gasteiger partial charge >= 0.3 is 24.3 Å². The number of rotatable bonds is 5. The molecule has 2 aliphatic heterocycles. The predicted molar refractivity (Wildman–Crippen MR) is 130 cm³/mol. The Morgan fingerprint density at radius 2 is 1.64 bits per heavy atom. The zero-order valence-electron chi connectivity index (χ0n) is 20.9. The van der Waals surface area contributed by atoms with Crippen molar-refractivity contribution in [2.24, 2.45) is 0 Å². The maximum absolute atomic E-state index is 10.6. The second-order valence-electron chi connectivity index (χ2n) is 8.85. The van der Waals surface area contributed by atoms with E-state index in [0.717, 1.165) is 50.5 Å². The van der Waals surface area contributed by atoms with E-state index in [9.17, 15) is 26.3 Å². The van der Waals surface area contributed by atoms with Crippen molar-refractivity contribution in [3.63, 3.8) is 0 Å². The van der Waals surface area contributed by atoms with Crippen molar-refractivity contribution in [3.05, 3.63) is 46.2 Å². The van der Waals surface area contributed by atoms with Gasteiger partial charge in [-0.2, -0.15) is 26.3 Å². The van der Waals surface area contributed by atoms with Crippen LogP contribution in [0.4, 0.5) is 32.0 Å². The van der Waals surface area contributed by atoms with Crippen molar-refractivity contribution in [3.8, 4) is 5.75 Å². The van der Waals surface area contributed by atoms with Gasteiger partial charge in [-0.25, -0.2) is 9.59 Å². The van der Waals surface area contributed by atoms with Crippen LogP contribution in [0.2, 0.25) is 0 Å². The summed E-state index contributed by atoms with van der Waals surface area (Å²) >= 11 is 1.91.